The number of rotatable bonds is 3. The number of carbonyl (C=O) groups excluding carboxylic acids is 1. The van der Waals surface area contributed by atoms with E-state index in [1.54, 1.807) is 17.9 Å². The van der Waals surface area contributed by atoms with Crippen molar-refractivity contribution in [3.63, 3.8) is 0 Å². The lowest BCUT2D eigenvalue weighted by atomic mass is 10.0. The molecule has 5 heteroatoms. The molecule has 1 heterocycles. The van der Waals surface area contributed by atoms with E-state index in [-0.39, 0.29) is 11.6 Å². The smallest absolute Gasteiger partial charge is 0.262 e. The van der Waals surface area contributed by atoms with E-state index in [1.165, 1.54) is 6.08 Å². The fourth-order valence-corrected chi connectivity index (χ4v) is 1.66. The van der Waals surface area contributed by atoms with Crippen molar-refractivity contribution >= 4 is 5.91 Å². The molecule has 0 atom stereocenters. The molecule has 5 nitrogen and oxygen atoms in total. The number of nitro groups is 1. The highest BCUT2D eigenvalue weighted by Crippen LogP contribution is 2.15. The van der Waals surface area contributed by atoms with Crippen LogP contribution < -0.4 is 0 Å². The Morgan fingerprint density at radius 1 is 1.59 bits per heavy atom. The average molecular weight is 236 g/mol. The van der Waals surface area contributed by atoms with Crippen LogP contribution in [0.2, 0.25) is 0 Å². The number of allylic oxidation sites excluding steroid dienone is 3. The molecular formula is C12H16N2O3. The third kappa shape index (κ3) is 4.22. The summed E-state index contributed by atoms with van der Waals surface area (Å²) in [5.41, 5.74) is 0.972. The van der Waals surface area contributed by atoms with Crippen molar-refractivity contribution in [2.75, 3.05) is 13.1 Å². The van der Waals surface area contributed by atoms with E-state index in [9.17, 15) is 14.9 Å². The second kappa shape index (κ2) is 5.98. The van der Waals surface area contributed by atoms with E-state index >= 15 is 0 Å². The van der Waals surface area contributed by atoms with Crippen molar-refractivity contribution < 1.29 is 9.72 Å². The summed E-state index contributed by atoms with van der Waals surface area (Å²) in [7, 11) is 0. The van der Waals surface area contributed by atoms with Gasteiger partial charge in [0.05, 0.1) is 4.92 Å². The maximum atomic E-state index is 11.2. The predicted molar refractivity (Wildman–Crippen MR) is 64.8 cm³/mol. The Bertz CT molecular complexity index is 397. The summed E-state index contributed by atoms with van der Waals surface area (Å²) in [5.74, 6) is 0.0641. The van der Waals surface area contributed by atoms with Crippen LogP contribution in [0, 0.1) is 10.1 Å². The van der Waals surface area contributed by atoms with E-state index in [2.05, 4.69) is 6.58 Å². The molecule has 0 N–H and O–H groups in total. The Kier molecular flexibility index (Phi) is 4.63. The molecule has 0 saturated carbocycles. The molecule has 0 aromatic rings. The first-order chi connectivity index (χ1) is 8.00. The van der Waals surface area contributed by atoms with Gasteiger partial charge in [-0.2, -0.15) is 0 Å². The minimum atomic E-state index is -0.530. The van der Waals surface area contributed by atoms with Crippen LogP contribution in [0.5, 0.6) is 0 Å². The normalized spacial score (nSPS) is 18.6. The minimum absolute atomic E-state index is 0.0641. The lowest BCUT2D eigenvalue weighted by Crippen LogP contribution is -2.34. The summed E-state index contributed by atoms with van der Waals surface area (Å²) < 4.78 is 0. The molecule has 1 fully saturated rings. The van der Waals surface area contributed by atoms with Gasteiger partial charge in [-0.25, -0.2) is 0 Å². The largest absolute Gasteiger partial charge is 0.339 e. The lowest BCUT2D eigenvalue weighted by molar-refractivity contribution is -0.418. The molecule has 17 heavy (non-hydrogen) atoms. The number of carbonyl (C=O) groups is 1. The van der Waals surface area contributed by atoms with E-state index in [0.29, 0.717) is 6.54 Å². The second-order valence-electron chi connectivity index (χ2n) is 3.98. The van der Waals surface area contributed by atoms with E-state index in [4.69, 9.17) is 0 Å². The topological polar surface area (TPSA) is 63.5 Å². The third-order valence-electron chi connectivity index (χ3n) is 2.62. The van der Waals surface area contributed by atoms with Crippen molar-refractivity contribution in [1.82, 2.24) is 4.90 Å². The van der Waals surface area contributed by atoms with Crippen LogP contribution in [0.1, 0.15) is 19.8 Å². The van der Waals surface area contributed by atoms with Crippen molar-refractivity contribution in [3.05, 3.63) is 46.2 Å². The second-order valence-corrected chi connectivity index (χ2v) is 3.98. The van der Waals surface area contributed by atoms with Crippen LogP contribution in [-0.4, -0.2) is 28.8 Å². The average Bonchev–Trinajstić information content (AvgIpc) is 2.29. The van der Waals surface area contributed by atoms with Gasteiger partial charge in [0.1, 0.15) is 0 Å². The lowest BCUT2D eigenvalue weighted by Gasteiger charge is -2.27. The molecule has 0 aliphatic carbocycles. The van der Waals surface area contributed by atoms with Crippen molar-refractivity contribution in [3.8, 4) is 0 Å². The molecule has 0 bridgehead atoms. The first-order valence-electron chi connectivity index (χ1n) is 5.45. The first kappa shape index (κ1) is 13.2. The van der Waals surface area contributed by atoms with Crippen LogP contribution in [0.25, 0.3) is 0 Å². The number of hydrogen-bond acceptors (Lipinski definition) is 3. The van der Waals surface area contributed by atoms with Gasteiger partial charge in [-0.05, 0) is 19.4 Å². The standard InChI is InChI=1S/C12H16N2O3/c1-10(14(16)17)5-3-6-12-7-4-8-13(9-12)11(2)15/h3,5-6H,1,4,7-9H2,2H3/b5-3-,12-6+. The first-order valence-corrected chi connectivity index (χ1v) is 5.45. The highest BCUT2D eigenvalue weighted by Gasteiger charge is 2.15. The SMILES string of the molecule is C=C(/C=C\C=C1/CCCN(C(C)=O)C1)[N+](=O)[O-]. The quantitative estimate of drug-likeness (QED) is 0.427. The molecular weight excluding hydrogens is 220 g/mol. The van der Waals surface area contributed by atoms with Crippen LogP contribution in [0.3, 0.4) is 0 Å². The zero-order valence-electron chi connectivity index (χ0n) is 9.89. The number of amides is 1. The molecule has 0 spiro atoms. The number of hydrogen-bond donors (Lipinski definition) is 0. The monoisotopic (exact) mass is 236 g/mol. The molecule has 1 amide bonds. The number of piperidine rings is 1. The van der Waals surface area contributed by atoms with E-state index in [1.807, 2.05) is 6.08 Å². The van der Waals surface area contributed by atoms with Gasteiger partial charge in [0.15, 0.2) is 0 Å². The van der Waals surface area contributed by atoms with Crippen LogP contribution in [0.15, 0.2) is 36.1 Å². The molecule has 1 aliphatic heterocycles. The molecule has 0 aromatic carbocycles. The van der Waals surface area contributed by atoms with Gasteiger partial charge in [-0.15, -0.1) is 0 Å². The fraction of sp³-hybridized carbons (Fsp3) is 0.417. The van der Waals surface area contributed by atoms with Gasteiger partial charge < -0.3 is 4.90 Å². The maximum absolute atomic E-state index is 11.2. The van der Waals surface area contributed by atoms with E-state index < -0.39 is 4.92 Å². The summed E-state index contributed by atoms with van der Waals surface area (Å²) in [5, 5.41) is 10.3. The van der Waals surface area contributed by atoms with Crippen molar-refractivity contribution in [2.24, 2.45) is 0 Å². The van der Waals surface area contributed by atoms with Crippen LogP contribution in [0.4, 0.5) is 0 Å². The van der Waals surface area contributed by atoms with E-state index in [0.717, 1.165) is 25.0 Å². The maximum Gasteiger partial charge on any atom is 0.262 e. The Morgan fingerprint density at radius 3 is 2.88 bits per heavy atom. The molecule has 1 aliphatic rings. The van der Waals surface area contributed by atoms with Gasteiger partial charge in [0, 0.05) is 26.1 Å². The summed E-state index contributed by atoms with van der Waals surface area (Å²) in [4.78, 5) is 22.7. The molecule has 0 aromatic heterocycles. The summed E-state index contributed by atoms with van der Waals surface area (Å²) in [6.45, 7) is 6.25. The molecule has 1 rings (SSSR count). The van der Waals surface area contributed by atoms with Crippen LogP contribution >= 0.6 is 0 Å². The van der Waals surface area contributed by atoms with Gasteiger partial charge in [0.25, 0.3) is 5.70 Å². The zero-order chi connectivity index (χ0) is 12.8. The van der Waals surface area contributed by atoms with Crippen molar-refractivity contribution in [2.45, 2.75) is 19.8 Å². The predicted octanol–water partition coefficient (Wildman–Crippen LogP) is 1.90. The van der Waals surface area contributed by atoms with Crippen LogP contribution in [-0.2, 0) is 4.79 Å². The highest BCUT2D eigenvalue weighted by molar-refractivity contribution is 5.73. The Morgan fingerprint density at radius 2 is 2.29 bits per heavy atom. The molecule has 92 valence electrons. The number of likely N-dealkylation sites (tertiary alicyclic amines) is 1. The van der Waals surface area contributed by atoms with Gasteiger partial charge in [0.2, 0.25) is 5.91 Å². The summed E-state index contributed by atoms with van der Waals surface area (Å²) >= 11 is 0. The summed E-state index contributed by atoms with van der Waals surface area (Å²) in [6.07, 6.45) is 6.67. The van der Waals surface area contributed by atoms with Gasteiger partial charge in [-0.1, -0.05) is 17.7 Å². The van der Waals surface area contributed by atoms with Gasteiger partial charge in [-0.3, -0.25) is 14.9 Å². The Labute approximate surface area is 100 Å². The molecule has 0 radical (unpaired) electrons. The number of nitrogens with zero attached hydrogens (tertiary/aromatic N) is 2. The van der Waals surface area contributed by atoms with Gasteiger partial charge >= 0.3 is 0 Å². The van der Waals surface area contributed by atoms with Crippen molar-refractivity contribution in [1.29, 1.82) is 0 Å². The Balaban J connectivity index is 2.58. The minimum Gasteiger partial charge on any atom is -0.339 e. The Hall–Kier alpha value is -1.91. The molecule has 1 saturated heterocycles. The summed E-state index contributed by atoms with van der Waals surface area (Å²) in [6, 6.07) is 0. The third-order valence-corrected chi connectivity index (χ3v) is 2.62. The molecule has 0 unspecified atom stereocenters. The fourth-order valence-electron chi connectivity index (χ4n) is 1.66. The highest BCUT2D eigenvalue weighted by atomic mass is 16.6. The zero-order valence-corrected chi connectivity index (χ0v) is 9.89.